The highest BCUT2D eigenvalue weighted by Gasteiger charge is 2.53. The van der Waals surface area contributed by atoms with Crippen LogP contribution in [0.3, 0.4) is 0 Å². The number of carbonyl (C=O) groups is 4. The van der Waals surface area contributed by atoms with Gasteiger partial charge in [-0.25, -0.2) is 9.59 Å². The predicted molar refractivity (Wildman–Crippen MR) is 118 cm³/mol. The molecule has 0 aliphatic carbocycles. The van der Waals surface area contributed by atoms with Crippen molar-refractivity contribution in [3.8, 4) is 5.75 Å². The fraction of sp³-hybridized carbons (Fsp3) is 0.304. The molecule has 8 nitrogen and oxygen atoms in total. The molecule has 0 radical (unpaired) electrons. The molecule has 2 aromatic carbocycles. The summed E-state index contributed by atoms with van der Waals surface area (Å²) in [5.74, 6) is -2.33. The van der Waals surface area contributed by atoms with E-state index in [0.717, 1.165) is 0 Å². The Balaban J connectivity index is 1.91. The number of rotatable bonds is 4. The fourth-order valence-electron chi connectivity index (χ4n) is 4.21. The topological polar surface area (TPSA) is 102 Å². The van der Waals surface area contributed by atoms with Gasteiger partial charge in [-0.2, -0.15) is 0 Å². The van der Waals surface area contributed by atoms with Gasteiger partial charge in [0, 0.05) is 31.3 Å². The van der Waals surface area contributed by atoms with E-state index in [2.05, 4.69) is 5.32 Å². The van der Waals surface area contributed by atoms with E-state index in [1.807, 2.05) is 0 Å². The average Bonchev–Trinajstić information content (AvgIpc) is 3.29. The third-order valence-corrected chi connectivity index (χ3v) is 6.21. The van der Waals surface area contributed by atoms with E-state index in [0.29, 0.717) is 16.8 Å². The molecule has 2 aliphatic heterocycles. The molecule has 4 rings (SSSR count). The third kappa shape index (κ3) is 3.22. The Morgan fingerprint density at radius 3 is 2.53 bits per heavy atom. The van der Waals surface area contributed by atoms with Crippen LogP contribution >= 0.6 is 11.6 Å². The van der Waals surface area contributed by atoms with Crippen LogP contribution in [0.2, 0.25) is 0 Å². The minimum atomic E-state index is -1.71. The first-order chi connectivity index (χ1) is 15.2. The quantitative estimate of drug-likeness (QED) is 0.326. The number of methoxy groups -OCH3 is 1. The molecule has 0 fully saturated rings. The number of ether oxygens (including phenoxy) is 2. The van der Waals surface area contributed by atoms with Crippen LogP contribution in [0.1, 0.15) is 46.0 Å². The van der Waals surface area contributed by atoms with Gasteiger partial charge in [-0.05, 0) is 24.6 Å². The van der Waals surface area contributed by atoms with E-state index < -0.39 is 23.3 Å². The van der Waals surface area contributed by atoms with Gasteiger partial charge in [0.2, 0.25) is 11.7 Å². The van der Waals surface area contributed by atoms with Crippen LogP contribution in [-0.2, 0) is 14.3 Å². The molecule has 0 spiro atoms. The Morgan fingerprint density at radius 1 is 1.25 bits per heavy atom. The number of nitrogens with zero attached hydrogens (tertiary/aromatic N) is 1. The molecule has 0 saturated heterocycles. The second-order valence-electron chi connectivity index (χ2n) is 7.86. The highest BCUT2D eigenvalue weighted by molar-refractivity contribution is 6.27. The van der Waals surface area contributed by atoms with Crippen LogP contribution in [0.4, 0.5) is 11.4 Å². The monoisotopic (exact) mass is 456 g/mol. The maximum atomic E-state index is 13.5. The summed E-state index contributed by atoms with van der Waals surface area (Å²) >= 11 is 6.17. The standard InChI is InChI=1S/C23H21ClN2O6/c1-12(27)26-11-14(10-24)17-15(26)9-16(32-21(29)13-7-5-4-6-8-13)19-18(17)20(28)23(2,25-19)22(30)31-3/h4-9,14,25H,10-11H2,1-3H3/t14-,23-/m1/s1. The molecule has 1 amide bonds. The van der Waals surface area contributed by atoms with E-state index in [-0.39, 0.29) is 41.3 Å². The van der Waals surface area contributed by atoms with Gasteiger partial charge in [-0.1, -0.05) is 18.2 Å². The zero-order valence-corrected chi connectivity index (χ0v) is 18.5. The van der Waals surface area contributed by atoms with E-state index in [1.165, 1.54) is 31.9 Å². The lowest BCUT2D eigenvalue weighted by molar-refractivity contribution is -0.143. The zero-order chi connectivity index (χ0) is 23.2. The number of halogens is 1. The lowest BCUT2D eigenvalue weighted by Crippen LogP contribution is -2.47. The molecule has 2 atom stereocenters. The minimum Gasteiger partial charge on any atom is -0.467 e. The molecule has 0 bridgehead atoms. The van der Waals surface area contributed by atoms with Crippen LogP contribution < -0.4 is 15.0 Å². The van der Waals surface area contributed by atoms with Crippen molar-refractivity contribution in [1.29, 1.82) is 0 Å². The van der Waals surface area contributed by atoms with Crippen molar-refractivity contribution < 1.29 is 28.7 Å². The lowest BCUT2D eigenvalue weighted by atomic mass is 9.89. The molecule has 0 unspecified atom stereocenters. The van der Waals surface area contributed by atoms with Gasteiger partial charge >= 0.3 is 11.9 Å². The third-order valence-electron chi connectivity index (χ3n) is 5.84. The smallest absolute Gasteiger partial charge is 0.343 e. The number of Topliss-reactive ketones (excluding diaryl/α,β-unsaturated/α-hetero) is 1. The molecule has 2 aromatic rings. The van der Waals surface area contributed by atoms with Crippen molar-refractivity contribution in [2.24, 2.45) is 0 Å². The summed E-state index contributed by atoms with van der Waals surface area (Å²) in [4.78, 5) is 52.5. The fourth-order valence-corrected chi connectivity index (χ4v) is 4.46. The van der Waals surface area contributed by atoms with Gasteiger partial charge in [-0.15, -0.1) is 11.6 Å². The number of benzene rings is 2. The number of ketones is 1. The molecule has 32 heavy (non-hydrogen) atoms. The van der Waals surface area contributed by atoms with Crippen molar-refractivity contribution in [2.45, 2.75) is 25.3 Å². The number of nitrogens with one attached hydrogen (secondary N) is 1. The molecule has 1 N–H and O–H groups in total. The van der Waals surface area contributed by atoms with Crippen molar-refractivity contribution in [1.82, 2.24) is 0 Å². The summed E-state index contributed by atoms with van der Waals surface area (Å²) in [6, 6.07) is 9.89. The predicted octanol–water partition coefficient (Wildman–Crippen LogP) is 3.13. The summed E-state index contributed by atoms with van der Waals surface area (Å²) in [5, 5.41) is 2.91. The van der Waals surface area contributed by atoms with Gasteiger partial charge in [0.05, 0.1) is 29.6 Å². The SMILES string of the molecule is COC(=O)[C@]1(C)Nc2c(OC(=O)c3ccccc3)cc3c(c2C1=O)[C@H](CCl)CN3C(C)=O. The largest absolute Gasteiger partial charge is 0.467 e. The maximum Gasteiger partial charge on any atom is 0.343 e. The van der Waals surface area contributed by atoms with Crippen LogP contribution in [0, 0.1) is 0 Å². The molecule has 2 heterocycles. The molecule has 9 heteroatoms. The second-order valence-corrected chi connectivity index (χ2v) is 8.17. The normalized spacial score (nSPS) is 20.9. The highest BCUT2D eigenvalue weighted by atomic mass is 35.5. The van der Waals surface area contributed by atoms with Gasteiger partial charge in [-0.3, -0.25) is 9.59 Å². The van der Waals surface area contributed by atoms with Crippen LogP contribution in [0.5, 0.6) is 5.75 Å². The maximum absolute atomic E-state index is 13.5. The first-order valence-electron chi connectivity index (χ1n) is 9.96. The molecule has 0 aromatic heterocycles. The molecular formula is C23H21ClN2O6. The summed E-state index contributed by atoms with van der Waals surface area (Å²) in [6.07, 6.45) is 0. The number of fused-ring (bicyclic) bond motifs is 3. The van der Waals surface area contributed by atoms with Crippen LogP contribution in [-0.4, -0.2) is 48.7 Å². The van der Waals surface area contributed by atoms with Crippen molar-refractivity contribution >= 4 is 46.6 Å². The lowest BCUT2D eigenvalue weighted by Gasteiger charge is -2.20. The Kier molecular flexibility index (Phi) is 5.42. The first-order valence-corrected chi connectivity index (χ1v) is 10.5. The van der Waals surface area contributed by atoms with Crippen LogP contribution in [0.25, 0.3) is 0 Å². The molecule has 0 saturated carbocycles. The number of hydrogen-bond donors (Lipinski definition) is 1. The Hall–Kier alpha value is -3.39. The molecular weight excluding hydrogens is 436 g/mol. The minimum absolute atomic E-state index is 0.0371. The number of anilines is 2. The van der Waals surface area contributed by atoms with E-state index in [9.17, 15) is 19.2 Å². The van der Waals surface area contributed by atoms with Gasteiger partial charge < -0.3 is 19.7 Å². The summed E-state index contributed by atoms with van der Waals surface area (Å²) < 4.78 is 10.5. The number of amides is 1. The number of carbonyl (C=O) groups excluding carboxylic acids is 4. The Labute approximate surface area is 189 Å². The van der Waals surface area contributed by atoms with Crippen molar-refractivity contribution in [2.75, 3.05) is 29.8 Å². The van der Waals surface area contributed by atoms with Crippen molar-refractivity contribution in [3.05, 3.63) is 53.1 Å². The van der Waals surface area contributed by atoms with E-state index in [1.54, 1.807) is 30.3 Å². The Morgan fingerprint density at radius 2 is 1.94 bits per heavy atom. The number of alkyl halides is 1. The van der Waals surface area contributed by atoms with Gasteiger partial charge in [0.15, 0.2) is 11.3 Å². The molecule has 166 valence electrons. The number of hydrogen-bond acceptors (Lipinski definition) is 7. The van der Waals surface area contributed by atoms with Crippen LogP contribution in [0.15, 0.2) is 36.4 Å². The number of esters is 2. The average molecular weight is 457 g/mol. The van der Waals surface area contributed by atoms with E-state index in [4.69, 9.17) is 21.1 Å². The first kappa shape index (κ1) is 21.8. The van der Waals surface area contributed by atoms with Gasteiger partial charge in [0.25, 0.3) is 0 Å². The van der Waals surface area contributed by atoms with E-state index >= 15 is 0 Å². The Bertz CT molecular complexity index is 1150. The zero-order valence-electron chi connectivity index (χ0n) is 17.7. The highest BCUT2D eigenvalue weighted by Crippen LogP contribution is 2.51. The summed E-state index contributed by atoms with van der Waals surface area (Å²) in [7, 11) is 1.19. The van der Waals surface area contributed by atoms with Gasteiger partial charge in [0.1, 0.15) is 0 Å². The van der Waals surface area contributed by atoms with Crippen molar-refractivity contribution in [3.63, 3.8) is 0 Å². The summed E-state index contributed by atoms with van der Waals surface area (Å²) in [6.45, 7) is 3.09. The second kappa shape index (κ2) is 7.94. The molecule has 2 aliphatic rings. The summed E-state index contributed by atoms with van der Waals surface area (Å²) in [5.41, 5.74) is -0.0338.